The van der Waals surface area contributed by atoms with Crippen molar-refractivity contribution in [2.45, 2.75) is 64.0 Å². The summed E-state index contributed by atoms with van der Waals surface area (Å²) in [6, 6.07) is 0. The first-order valence-electron chi connectivity index (χ1n) is 5.53. The van der Waals surface area contributed by atoms with Crippen LogP contribution in [0, 0.1) is 0 Å². The molecule has 0 saturated carbocycles. The Labute approximate surface area is 109 Å². The molecule has 0 spiro atoms. The van der Waals surface area contributed by atoms with Gasteiger partial charge in [-0.2, -0.15) is 21.6 Å². The van der Waals surface area contributed by atoms with Gasteiger partial charge in [0.2, 0.25) is 0 Å². The minimum atomic E-state index is -5.84. The second kappa shape index (κ2) is 7.65. The Hall–Kier alpha value is 0.130. The van der Waals surface area contributed by atoms with Gasteiger partial charge in [0, 0.05) is 0 Å². The molecule has 0 unspecified atom stereocenters. The van der Waals surface area contributed by atoms with Gasteiger partial charge in [0.1, 0.15) is 0 Å². The summed E-state index contributed by atoms with van der Waals surface area (Å²) in [7, 11) is -5.58. The molecule has 0 radical (unpaired) electrons. The summed E-state index contributed by atoms with van der Waals surface area (Å²) in [5.74, 6) is 0. The van der Waals surface area contributed by atoms with E-state index < -0.39 is 15.6 Å². The lowest BCUT2D eigenvalue weighted by Gasteiger charge is -2.29. The molecule has 0 heterocycles. The number of halogens is 3. The molecular formula is C10H22F3O3PS. The van der Waals surface area contributed by atoms with Crippen molar-refractivity contribution in [1.82, 2.24) is 0 Å². The minimum Gasteiger partial charge on any atom is -0.279 e. The van der Waals surface area contributed by atoms with Gasteiger partial charge in [-0.3, -0.25) is 4.55 Å². The van der Waals surface area contributed by atoms with Gasteiger partial charge in [0.15, 0.2) is 0 Å². The highest BCUT2D eigenvalue weighted by Crippen LogP contribution is 2.49. The van der Waals surface area contributed by atoms with E-state index in [2.05, 4.69) is 41.5 Å². The van der Waals surface area contributed by atoms with Crippen LogP contribution in [-0.2, 0) is 10.1 Å². The summed E-state index contributed by atoms with van der Waals surface area (Å²) in [4.78, 5) is 0. The summed E-state index contributed by atoms with van der Waals surface area (Å²) in [5.41, 5.74) is -2.84. The molecule has 112 valence electrons. The van der Waals surface area contributed by atoms with Gasteiger partial charge >= 0.3 is 15.6 Å². The first-order valence-corrected chi connectivity index (χ1v) is 8.51. The molecule has 0 saturated heterocycles. The zero-order valence-corrected chi connectivity index (χ0v) is 13.2. The monoisotopic (exact) mass is 310 g/mol. The molecule has 0 aromatic heterocycles. The van der Waals surface area contributed by atoms with Crippen molar-refractivity contribution in [1.29, 1.82) is 0 Å². The number of alkyl halides is 3. The molecular weight excluding hydrogens is 288 g/mol. The maximum Gasteiger partial charge on any atom is 0.522 e. The number of hydrogen-bond acceptors (Lipinski definition) is 2. The van der Waals surface area contributed by atoms with E-state index in [1.54, 1.807) is 0 Å². The Morgan fingerprint density at radius 3 is 1.06 bits per heavy atom. The molecule has 0 fully saturated rings. The van der Waals surface area contributed by atoms with Crippen LogP contribution in [0.25, 0.3) is 0 Å². The van der Waals surface area contributed by atoms with Gasteiger partial charge in [0.25, 0.3) is 0 Å². The van der Waals surface area contributed by atoms with Crippen LogP contribution in [0.4, 0.5) is 13.2 Å². The summed E-state index contributed by atoms with van der Waals surface area (Å²) in [6.07, 6.45) is 0. The molecule has 0 aliphatic rings. The highest BCUT2D eigenvalue weighted by molar-refractivity contribution is 7.86. The predicted molar refractivity (Wildman–Crippen MR) is 69.9 cm³/mol. The van der Waals surface area contributed by atoms with E-state index in [0.717, 1.165) is 17.0 Å². The third kappa shape index (κ3) is 8.27. The summed E-state index contributed by atoms with van der Waals surface area (Å²) in [5, 5.41) is 0. The first kappa shape index (κ1) is 20.4. The summed E-state index contributed by atoms with van der Waals surface area (Å²) < 4.78 is 57.5. The van der Waals surface area contributed by atoms with E-state index >= 15 is 0 Å². The van der Waals surface area contributed by atoms with Gasteiger partial charge in [-0.05, 0) is 17.0 Å². The highest BCUT2D eigenvalue weighted by Gasteiger charge is 2.44. The Morgan fingerprint density at radius 2 is 1.06 bits per heavy atom. The fraction of sp³-hybridized carbons (Fsp3) is 1.00. The van der Waals surface area contributed by atoms with Crippen molar-refractivity contribution in [2.24, 2.45) is 0 Å². The maximum atomic E-state index is 10.7. The summed E-state index contributed by atoms with van der Waals surface area (Å²) in [6.45, 7) is 14.1. The van der Waals surface area contributed by atoms with Crippen molar-refractivity contribution >= 4 is 18.0 Å². The third-order valence-corrected chi connectivity index (χ3v) is 6.24. The van der Waals surface area contributed by atoms with Crippen LogP contribution < -0.4 is 0 Å². The maximum absolute atomic E-state index is 10.7. The van der Waals surface area contributed by atoms with E-state index in [9.17, 15) is 13.2 Å². The van der Waals surface area contributed by atoms with Crippen LogP contribution in [0.1, 0.15) is 41.5 Å². The first-order chi connectivity index (χ1) is 7.71. The molecule has 8 heteroatoms. The Kier molecular flexibility index (Phi) is 8.70. The Balaban J connectivity index is 0. The number of rotatable bonds is 3. The van der Waals surface area contributed by atoms with Gasteiger partial charge in [0.05, 0.1) is 0 Å². The van der Waals surface area contributed by atoms with E-state index in [-0.39, 0.29) is 7.92 Å². The van der Waals surface area contributed by atoms with Crippen LogP contribution in [0.15, 0.2) is 0 Å². The lowest BCUT2D eigenvalue weighted by molar-refractivity contribution is -0.0510. The molecule has 1 N–H and O–H groups in total. The molecule has 3 nitrogen and oxygen atoms in total. The second-order valence-electron chi connectivity index (χ2n) is 4.65. The predicted octanol–water partition coefficient (Wildman–Crippen LogP) is 4.09. The van der Waals surface area contributed by atoms with Gasteiger partial charge in [-0.25, -0.2) is 0 Å². The van der Waals surface area contributed by atoms with Crippen LogP contribution >= 0.6 is 7.92 Å². The average molecular weight is 310 g/mol. The quantitative estimate of drug-likeness (QED) is 0.485. The zero-order chi connectivity index (χ0) is 15.3. The molecule has 0 aliphatic carbocycles. The standard InChI is InChI=1S/C9H21P.CHF3O3S/c1-7(2)10(8(3)4)9(5)6;2-1(3,4)8(5,6)7/h7-9H,1-6H3;(H,5,6,7). The lowest BCUT2D eigenvalue weighted by atomic mass is 10.5. The average Bonchev–Trinajstić information content (AvgIpc) is 1.96. The molecule has 0 aliphatic heterocycles. The van der Waals surface area contributed by atoms with E-state index in [1.165, 1.54) is 0 Å². The van der Waals surface area contributed by atoms with Crippen LogP contribution in [0.5, 0.6) is 0 Å². The van der Waals surface area contributed by atoms with E-state index in [0.29, 0.717) is 0 Å². The molecule has 0 rings (SSSR count). The largest absolute Gasteiger partial charge is 0.522 e. The molecule has 0 bridgehead atoms. The van der Waals surface area contributed by atoms with Gasteiger partial charge in [-0.15, -0.1) is 0 Å². The normalized spacial score (nSPS) is 13.2. The third-order valence-electron chi connectivity index (χ3n) is 2.08. The van der Waals surface area contributed by atoms with Crippen molar-refractivity contribution < 1.29 is 26.1 Å². The van der Waals surface area contributed by atoms with Crippen molar-refractivity contribution in [3.05, 3.63) is 0 Å². The lowest BCUT2D eigenvalue weighted by Crippen LogP contribution is -2.21. The smallest absolute Gasteiger partial charge is 0.279 e. The zero-order valence-electron chi connectivity index (χ0n) is 11.5. The summed E-state index contributed by atoms with van der Waals surface area (Å²) >= 11 is 0. The fourth-order valence-corrected chi connectivity index (χ4v) is 5.37. The minimum absolute atomic E-state index is 0.262. The SMILES string of the molecule is CC(C)P(C(C)C)C(C)C.O=S(=O)(O)C(F)(F)F. The van der Waals surface area contributed by atoms with Gasteiger partial charge in [-0.1, -0.05) is 49.5 Å². The van der Waals surface area contributed by atoms with Crippen LogP contribution in [-0.4, -0.2) is 35.5 Å². The van der Waals surface area contributed by atoms with E-state index in [1.807, 2.05) is 0 Å². The Morgan fingerprint density at radius 1 is 0.889 bits per heavy atom. The second-order valence-corrected chi connectivity index (χ2v) is 10.1. The molecule has 18 heavy (non-hydrogen) atoms. The van der Waals surface area contributed by atoms with Gasteiger partial charge < -0.3 is 0 Å². The van der Waals surface area contributed by atoms with Crippen molar-refractivity contribution in [2.75, 3.05) is 0 Å². The molecule has 0 aromatic carbocycles. The van der Waals surface area contributed by atoms with E-state index in [4.69, 9.17) is 13.0 Å². The van der Waals surface area contributed by atoms with Crippen molar-refractivity contribution in [3.8, 4) is 0 Å². The highest BCUT2D eigenvalue weighted by atomic mass is 32.2. The Bertz CT molecular complexity index is 305. The topological polar surface area (TPSA) is 54.4 Å². The molecule has 0 atom stereocenters. The van der Waals surface area contributed by atoms with Crippen LogP contribution in [0.2, 0.25) is 0 Å². The van der Waals surface area contributed by atoms with Crippen LogP contribution in [0.3, 0.4) is 0 Å². The number of hydrogen-bond donors (Lipinski definition) is 1. The van der Waals surface area contributed by atoms with Crippen molar-refractivity contribution in [3.63, 3.8) is 0 Å². The molecule has 0 aromatic rings. The fourth-order valence-electron chi connectivity index (χ4n) is 1.79. The molecule has 0 amide bonds.